The van der Waals surface area contributed by atoms with Crippen LogP contribution in [0.5, 0.6) is 23.0 Å². The predicted octanol–water partition coefficient (Wildman–Crippen LogP) is 5.53. The lowest BCUT2D eigenvalue weighted by Crippen LogP contribution is -2.39. The minimum atomic E-state index is -0.774. The van der Waals surface area contributed by atoms with Gasteiger partial charge < -0.3 is 23.7 Å². The molecule has 2 aliphatic heterocycles. The molecule has 4 aromatic rings. The summed E-state index contributed by atoms with van der Waals surface area (Å²) in [5, 5.41) is 0.606. The summed E-state index contributed by atoms with van der Waals surface area (Å²) in [7, 11) is 1.55. The summed E-state index contributed by atoms with van der Waals surface area (Å²) >= 11 is 11.1. The molecule has 226 valence electrons. The largest absolute Gasteiger partial charge is 0.493 e. The Labute approximate surface area is 269 Å². The van der Waals surface area contributed by atoms with Crippen molar-refractivity contribution in [2.75, 3.05) is 20.5 Å². The monoisotopic (exact) mass is 696 g/mol. The number of hydrogen-bond donors (Lipinski definition) is 0. The molecule has 0 saturated carbocycles. The number of aromatic nitrogens is 1. The van der Waals surface area contributed by atoms with Crippen LogP contribution < -0.4 is 33.8 Å². The lowest BCUT2D eigenvalue weighted by molar-refractivity contribution is -0.139. The van der Waals surface area contributed by atoms with Gasteiger partial charge in [0.1, 0.15) is 6.61 Å². The molecule has 0 N–H and O–H groups in total. The van der Waals surface area contributed by atoms with Crippen molar-refractivity contribution in [2.24, 2.45) is 4.99 Å². The Morgan fingerprint density at radius 3 is 2.75 bits per heavy atom. The molecular weight excluding hydrogens is 672 g/mol. The summed E-state index contributed by atoms with van der Waals surface area (Å²) < 4.78 is 30.7. The van der Waals surface area contributed by atoms with Crippen LogP contribution in [-0.2, 0) is 16.1 Å². The molecule has 0 saturated heterocycles. The highest BCUT2D eigenvalue weighted by atomic mass is 79.9. The SMILES string of the molecule is CCOC(=O)C1=C(C)N=c2s/c(=C\c3cc(Br)c(OCc4ccccc4Cl)c(OC)c3)c(=O)n2[C@H]1c1ccc2c(c1)OCO2. The van der Waals surface area contributed by atoms with E-state index in [1.165, 1.54) is 15.9 Å². The summed E-state index contributed by atoms with van der Waals surface area (Å²) in [5.41, 5.74) is 2.66. The van der Waals surface area contributed by atoms with E-state index in [-0.39, 0.29) is 31.1 Å². The second-order valence-corrected chi connectivity index (χ2v) is 12.1. The molecule has 0 spiro atoms. The number of rotatable bonds is 8. The molecule has 6 rings (SSSR count). The third kappa shape index (κ3) is 5.62. The van der Waals surface area contributed by atoms with Crippen LogP contribution in [0.1, 0.15) is 36.6 Å². The number of methoxy groups -OCH3 is 1. The number of ether oxygens (including phenoxy) is 5. The van der Waals surface area contributed by atoms with Gasteiger partial charge in [0, 0.05) is 10.6 Å². The topological polar surface area (TPSA) is 97.6 Å². The second-order valence-electron chi connectivity index (χ2n) is 9.83. The van der Waals surface area contributed by atoms with Crippen molar-refractivity contribution >= 4 is 50.9 Å². The van der Waals surface area contributed by atoms with E-state index < -0.39 is 12.0 Å². The van der Waals surface area contributed by atoms with Crippen molar-refractivity contribution in [1.29, 1.82) is 0 Å². The van der Waals surface area contributed by atoms with E-state index in [1.54, 1.807) is 51.3 Å². The predicted molar refractivity (Wildman–Crippen MR) is 169 cm³/mol. The second kappa shape index (κ2) is 12.5. The third-order valence-electron chi connectivity index (χ3n) is 7.11. The van der Waals surface area contributed by atoms with Crippen LogP contribution in [-0.4, -0.2) is 31.0 Å². The Hall–Kier alpha value is -4.06. The number of esters is 1. The summed E-state index contributed by atoms with van der Waals surface area (Å²) in [6.07, 6.45) is 1.76. The molecule has 3 aromatic carbocycles. The Balaban J connectivity index is 1.42. The molecule has 44 heavy (non-hydrogen) atoms. The molecule has 0 amide bonds. The van der Waals surface area contributed by atoms with Gasteiger partial charge in [-0.25, -0.2) is 9.79 Å². The van der Waals surface area contributed by atoms with Gasteiger partial charge in [0.05, 0.1) is 40.0 Å². The number of thiazole rings is 1. The maximum absolute atomic E-state index is 14.0. The number of halogens is 2. The number of fused-ring (bicyclic) bond motifs is 2. The minimum absolute atomic E-state index is 0.101. The van der Waals surface area contributed by atoms with Crippen LogP contribution in [0, 0.1) is 0 Å². The van der Waals surface area contributed by atoms with Crippen molar-refractivity contribution in [3.05, 3.63) is 112 Å². The van der Waals surface area contributed by atoms with E-state index in [4.69, 9.17) is 35.3 Å². The maximum Gasteiger partial charge on any atom is 0.338 e. The van der Waals surface area contributed by atoms with Crippen LogP contribution in [0.25, 0.3) is 6.08 Å². The first kappa shape index (κ1) is 30.0. The first-order valence-electron chi connectivity index (χ1n) is 13.6. The number of allylic oxidation sites excluding steroid dienone is 1. The molecule has 1 aromatic heterocycles. The summed E-state index contributed by atoms with van der Waals surface area (Å²) in [6, 6.07) is 15.7. The Bertz CT molecular complexity index is 2000. The fourth-order valence-corrected chi connectivity index (χ4v) is 6.88. The summed E-state index contributed by atoms with van der Waals surface area (Å²) in [4.78, 5) is 32.3. The molecule has 0 fully saturated rings. The van der Waals surface area contributed by atoms with E-state index >= 15 is 0 Å². The van der Waals surface area contributed by atoms with Crippen LogP contribution in [0.3, 0.4) is 0 Å². The van der Waals surface area contributed by atoms with E-state index in [0.29, 0.717) is 58.7 Å². The highest BCUT2D eigenvalue weighted by molar-refractivity contribution is 9.10. The van der Waals surface area contributed by atoms with Crippen molar-refractivity contribution in [3.8, 4) is 23.0 Å². The fourth-order valence-electron chi connectivity index (χ4n) is 5.07. The van der Waals surface area contributed by atoms with Crippen molar-refractivity contribution in [2.45, 2.75) is 26.5 Å². The third-order valence-corrected chi connectivity index (χ3v) is 9.05. The zero-order valence-corrected chi connectivity index (χ0v) is 27.0. The van der Waals surface area contributed by atoms with Gasteiger partial charge in [0.25, 0.3) is 5.56 Å². The van der Waals surface area contributed by atoms with Crippen molar-refractivity contribution < 1.29 is 28.5 Å². The standard InChI is InChI=1S/C32H26BrClN2O7S/c1-4-40-31(38)27-17(2)35-32-36(28(27)19-9-10-23-24(14-19)43-16-42-23)30(37)26(44-32)13-18-11-21(33)29(25(12-18)39-3)41-15-20-7-5-6-8-22(20)34/h5-14,28H,4,15-16H2,1-3H3/b26-13-/t28-/m0/s1. The van der Waals surface area contributed by atoms with E-state index in [9.17, 15) is 9.59 Å². The Morgan fingerprint density at radius 2 is 1.98 bits per heavy atom. The van der Waals surface area contributed by atoms with Crippen LogP contribution in [0.2, 0.25) is 5.02 Å². The van der Waals surface area contributed by atoms with Gasteiger partial charge in [0.2, 0.25) is 6.79 Å². The van der Waals surface area contributed by atoms with E-state index in [2.05, 4.69) is 20.9 Å². The molecule has 1 atom stereocenters. The van der Waals surface area contributed by atoms with E-state index in [0.717, 1.165) is 5.56 Å². The molecule has 12 heteroatoms. The summed E-state index contributed by atoms with van der Waals surface area (Å²) in [6.45, 7) is 4.01. The highest BCUT2D eigenvalue weighted by Crippen LogP contribution is 2.39. The normalized spacial score (nSPS) is 15.6. The highest BCUT2D eigenvalue weighted by Gasteiger charge is 2.34. The molecule has 0 radical (unpaired) electrons. The summed E-state index contributed by atoms with van der Waals surface area (Å²) in [5.74, 6) is 1.58. The molecule has 0 unspecified atom stereocenters. The zero-order valence-electron chi connectivity index (χ0n) is 23.9. The Kier molecular flexibility index (Phi) is 8.53. The van der Waals surface area contributed by atoms with Gasteiger partial charge in [-0.1, -0.05) is 47.2 Å². The molecular formula is C32H26BrClN2O7S. The van der Waals surface area contributed by atoms with Crippen molar-refractivity contribution in [3.63, 3.8) is 0 Å². The van der Waals surface area contributed by atoms with Gasteiger partial charge in [-0.15, -0.1) is 0 Å². The number of carbonyl (C=O) groups is 1. The zero-order chi connectivity index (χ0) is 31.0. The number of benzene rings is 3. The number of nitrogens with zero attached hydrogens (tertiary/aromatic N) is 2. The van der Waals surface area contributed by atoms with Gasteiger partial charge in [-0.2, -0.15) is 0 Å². The number of carbonyl (C=O) groups excluding carboxylic acids is 1. The quantitative estimate of drug-likeness (QED) is 0.224. The average molecular weight is 698 g/mol. The Morgan fingerprint density at radius 1 is 1.18 bits per heavy atom. The van der Waals surface area contributed by atoms with Gasteiger partial charge >= 0.3 is 5.97 Å². The van der Waals surface area contributed by atoms with Crippen LogP contribution in [0.4, 0.5) is 0 Å². The molecule has 9 nitrogen and oxygen atoms in total. The minimum Gasteiger partial charge on any atom is -0.493 e. The van der Waals surface area contributed by atoms with Gasteiger partial charge in [0.15, 0.2) is 27.8 Å². The maximum atomic E-state index is 14.0. The molecule has 0 aliphatic carbocycles. The van der Waals surface area contributed by atoms with E-state index in [1.807, 2.05) is 30.3 Å². The van der Waals surface area contributed by atoms with Crippen LogP contribution in [0.15, 0.2) is 80.1 Å². The van der Waals surface area contributed by atoms with Crippen LogP contribution >= 0.6 is 38.9 Å². The lowest BCUT2D eigenvalue weighted by Gasteiger charge is -2.24. The number of hydrogen-bond acceptors (Lipinski definition) is 9. The fraction of sp³-hybridized carbons (Fsp3) is 0.219. The lowest BCUT2D eigenvalue weighted by atomic mass is 9.95. The van der Waals surface area contributed by atoms with Crippen molar-refractivity contribution in [1.82, 2.24) is 4.57 Å². The smallest absolute Gasteiger partial charge is 0.338 e. The van der Waals surface area contributed by atoms with Gasteiger partial charge in [-0.3, -0.25) is 9.36 Å². The average Bonchev–Trinajstić information content (AvgIpc) is 3.60. The molecule has 0 bridgehead atoms. The first-order valence-corrected chi connectivity index (χ1v) is 15.6. The molecule has 3 heterocycles. The molecule has 2 aliphatic rings. The first-order chi connectivity index (χ1) is 21.3. The van der Waals surface area contributed by atoms with Gasteiger partial charge in [-0.05, 0) is 77.3 Å².